The van der Waals surface area contributed by atoms with E-state index < -0.39 is 5.56 Å². The van der Waals surface area contributed by atoms with Crippen LogP contribution < -0.4 is 5.56 Å². The van der Waals surface area contributed by atoms with Crippen LogP contribution >= 0.6 is 11.8 Å². The third kappa shape index (κ3) is 3.31. The number of aryl methyl sites for hydroxylation is 1. The molecule has 2 rings (SSSR count). The summed E-state index contributed by atoms with van der Waals surface area (Å²) < 4.78 is 6.07. The van der Waals surface area contributed by atoms with Crippen molar-refractivity contribution in [1.82, 2.24) is 14.7 Å². The molecule has 0 aliphatic carbocycles. The molecule has 0 bridgehead atoms. The van der Waals surface area contributed by atoms with Crippen LogP contribution in [-0.4, -0.2) is 51.9 Å². The minimum absolute atomic E-state index is 0.128. The van der Waals surface area contributed by atoms with Gasteiger partial charge in [-0.1, -0.05) is 0 Å². The zero-order chi connectivity index (χ0) is 16.3. The molecule has 1 aliphatic rings. The van der Waals surface area contributed by atoms with Crippen LogP contribution in [0.25, 0.3) is 0 Å². The van der Waals surface area contributed by atoms with E-state index in [-0.39, 0.29) is 23.5 Å². The van der Waals surface area contributed by atoms with E-state index in [0.717, 1.165) is 12.3 Å². The lowest BCUT2D eigenvalue weighted by molar-refractivity contribution is -0.140. The molecular formula is C14H18N4O3S. The van der Waals surface area contributed by atoms with Gasteiger partial charge in [0.25, 0.3) is 5.56 Å². The van der Waals surface area contributed by atoms with E-state index in [1.54, 1.807) is 25.6 Å². The molecule has 22 heavy (non-hydrogen) atoms. The van der Waals surface area contributed by atoms with Gasteiger partial charge in [-0.3, -0.25) is 14.5 Å². The fraction of sp³-hybridized carbons (Fsp3) is 0.571. The minimum Gasteiger partial charge on any atom is -0.468 e. The molecule has 2 heterocycles. The molecule has 8 heteroatoms. The topological polar surface area (TPSA) is 88.2 Å². The first kappa shape index (κ1) is 16.5. The summed E-state index contributed by atoms with van der Waals surface area (Å²) in [5.41, 5.74) is 1.01. The smallest absolute Gasteiger partial charge is 0.320 e. The summed E-state index contributed by atoms with van der Waals surface area (Å²) in [7, 11) is 1.37. The van der Waals surface area contributed by atoms with Crippen molar-refractivity contribution in [2.75, 3.05) is 26.0 Å². The summed E-state index contributed by atoms with van der Waals surface area (Å²) in [6.07, 6.45) is 0. The molecule has 1 saturated heterocycles. The molecule has 0 spiro atoms. The Morgan fingerprint density at radius 1 is 1.55 bits per heavy atom. The van der Waals surface area contributed by atoms with Crippen LogP contribution in [0.4, 0.5) is 0 Å². The number of thioether (sulfide) groups is 1. The zero-order valence-corrected chi connectivity index (χ0v) is 13.6. The van der Waals surface area contributed by atoms with E-state index in [1.165, 1.54) is 11.8 Å². The number of aromatic nitrogens is 2. The Labute approximate surface area is 132 Å². The molecule has 7 nitrogen and oxygen atoms in total. The quantitative estimate of drug-likeness (QED) is 0.739. The van der Waals surface area contributed by atoms with Gasteiger partial charge >= 0.3 is 5.97 Å². The van der Waals surface area contributed by atoms with Gasteiger partial charge in [-0.05, 0) is 19.4 Å². The highest BCUT2D eigenvalue weighted by atomic mass is 32.2. The number of nitriles is 1. The van der Waals surface area contributed by atoms with E-state index >= 15 is 0 Å². The van der Waals surface area contributed by atoms with Gasteiger partial charge in [0.15, 0.2) is 0 Å². The lowest BCUT2D eigenvalue weighted by Gasteiger charge is -2.30. The molecule has 0 amide bonds. The zero-order valence-electron chi connectivity index (χ0n) is 12.8. The van der Waals surface area contributed by atoms with E-state index in [2.05, 4.69) is 5.10 Å². The van der Waals surface area contributed by atoms with Crippen molar-refractivity contribution in [3.63, 3.8) is 0 Å². The Balaban J connectivity index is 2.21. The summed E-state index contributed by atoms with van der Waals surface area (Å²) in [6.45, 7) is 5.01. The fourth-order valence-corrected chi connectivity index (χ4v) is 3.49. The van der Waals surface area contributed by atoms with E-state index in [0.29, 0.717) is 17.8 Å². The third-order valence-corrected chi connectivity index (χ3v) is 4.86. The first-order chi connectivity index (χ1) is 10.5. The van der Waals surface area contributed by atoms with Crippen LogP contribution in [0.2, 0.25) is 0 Å². The Hall–Kier alpha value is -1.85. The molecule has 1 aromatic rings. The summed E-state index contributed by atoms with van der Waals surface area (Å²) in [5, 5.41) is 13.1. The van der Waals surface area contributed by atoms with Crippen LogP contribution in [0.3, 0.4) is 0 Å². The number of ether oxygens (including phenoxy) is 1. The second kappa shape index (κ2) is 6.94. The number of nitrogens with zero attached hydrogens (tertiary/aromatic N) is 4. The Morgan fingerprint density at radius 2 is 2.27 bits per heavy atom. The van der Waals surface area contributed by atoms with Crippen molar-refractivity contribution in [3.05, 3.63) is 27.2 Å². The normalized spacial score (nSPS) is 18.7. The van der Waals surface area contributed by atoms with E-state index in [1.807, 2.05) is 11.0 Å². The largest absolute Gasteiger partial charge is 0.468 e. The highest BCUT2D eigenvalue weighted by Gasteiger charge is 2.27. The number of rotatable bonds is 3. The standard InChI is InChI=1S/C14H18N4O3S/c1-9-10(2)16-18(13(19)11(9)6-15)8-17-4-5-22-12(7-17)14(20)21-3/h12H,4-5,7-8H2,1-3H3/t12-/m0/s1. The van der Waals surface area contributed by atoms with Gasteiger partial charge in [-0.15, -0.1) is 11.8 Å². The first-order valence-electron chi connectivity index (χ1n) is 6.88. The monoisotopic (exact) mass is 322 g/mol. The predicted octanol–water partition coefficient (Wildman–Crippen LogP) is 0.280. The molecule has 1 fully saturated rings. The SMILES string of the molecule is COC(=O)[C@@H]1CN(Cn2nc(C)c(C)c(C#N)c2=O)CCS1. The summed E-state index contributed by atoms with van der Waals surface area (Å²) in [6, 6.07) is 1.95. The van der Waals surface area contributed by atoms with Crippen molar-refractivity contribution < 1.29 is 9.53 Å². The van der Waals surface area contributed by atoms with Crippen LogP contribution in [0.15, 0.2) is 4.79 Å². The summed E-state index contributed by atoms with van der Waals surface area (Å²) in [5.74, 6) is 0.526. The number of methoxy groups -OCH3 is 1. The number of carbonyl (C=O) groups is 1. The van der Waals surface area contributed by atoms with E-state index in [9.17, 15) is 9.59 Å². The Kier molecular flexibility index (Phi) is 5.21. The van der Waals surface area contributed by atoms with Gasteiger partial charge in [0.1, 0.15) is 16.9 Å². The van der Waals surface area contributed by atoms with Gasteiger partial charge in [0.2, 0.25) is 0 Å². The fourth-order valence-electron chi connectivity index (χ4n) is 2.29. The van der Waals surface area contributed by atoms with Crippen molar-refractivity contribution in [2.24, 2.45) is 0 Å². The molecule has 0 unspecified atom stereocenters. The molecule has 118 valence electrons. The van der Waals surface area contributed by atoms with Crippen LogP contribution in [0.1, 0.15) is 16.8 Å². The van der Waals surface area contributed by atoms with Gasteiger partial charge in [0.05, 0.1) is 19.5 Å². The third-order valence-electron chi connectivity index (χ3n) is 3.70. The predicted molar refractivity (Wildman–Crippen MR) is 82.5 cm³/mol. The number of esters is 1. The second-order valence-corrected chi connectivity index (χ2v) is 6.41. The maximum atomic E-state index is 12.3. The van der Waals surface area contributed by atoms with Crippen molar-refractivity contribution in [2.45, 2.75) is 25.8 Å². The molecule has 1 aromatic heterocycles. The average molecular weight is 322 g/mol. The highest BCUT2D eigenvalue weighted by Crippen LogP contribution is 2.20. The van der Waals surface area contributed by atoms with E-state index in [4.69, 9.17) is 10.00 Å². The van der Waals surface area contributed by atoms with Crippen LogP contribution in [-0.2, 0) is 16.2 Å². The lowest BCUT2D eigenvalue weighted by Crippen LogP contribution is -2.45. The van der Waals surface area contributed by atoms with Crippen LogP contribution in [0, 0.1) is 25.2 Å². The second-order valence-electron chi connectivity index (χ2n) is 5.10. The Bertz CT molecular complexity index is 680. The maximum absolute atomic E-state index is 12.3. The van der Waals surface area contributed by atoms with Crippen LogP contribution in [0.5, 0.6) is 0 Å². The summed E-state index contributed by atoms with van der Waals surface area (Å²) >= 11 is 1.55. The van der Waals surface area contributed by atoms with Gasteiger partial charge in [0, 0.05) is 18.8 Å². The molecule has 0 saturated carbocycles. The lowest BCUT2D eigenvalue weighted by atomic mass is 10.1. The number of hydrogen-bond donors (Lipinski definition) is 0. The summed E-state index contributed by atoms with van der Waals surface area (Å²) in [4.78, 5) is 25.9. The Morgan fingerprint density at radius 3 is 2.91 bits per heavy atom. The first-order valence-corrected chi connectivity index (χ1v) is 7.93. The average Bonchev–Trinajstić information content (AvgIpc) is 2.52. The van der Waals surface area contributed by atoms with Crippen molar-refractivity contribution >= 4 is 17.7 Å². The maximum Gasteiger partial charge on any atom is 0.320 e. The van der Waals surface area contributed by atoms with Gasteiger partial charge < -0.3 is 4.74 Å². The van der Waals surface area contributed by atoms with Gasteiger partial charge in [-0.25, -0.2) is 4.68 Å². The number of carbonyl (C=O) groups excluding carboxylic acids is 1. The molecule has 1 aliphatic heterocycles. The number of hydrogen-bond acceptors (Lipinski definition) is 7. The van der Waals surface area contributed by atoms with Gasteiger partial charge in [-0.2, -0.15) is 10.4 Å². The highest BCUT2D eigenvalue weighted by molar-refractivity contribution is 8.00. The van der Waals surface area contributed by atoms with Crippen molar-refractivity contribution in [1.29, 1.82) is 5.26 Å². The molecule has 1 atom stereocenters. The molecule has 0 aromatic carbocycles. The minimum atomic E-state index is -0.390. The molecular weight excluding hydrogens is 304 g/mol. The molecule has 0 radical (unpaired) electrons. The molecule has 0 N–H and O–H groups in total. The van der Waals surface area contributed by atoms with Crippen molar-refractivity contribution in [3.8, 4) is 6.07 Å².